The van der Waals surface area contributed by atoms with Crippen molar-refractivity contribution in [2.75, 3.05) is 10.8 Å². The molecule has 0 bridgehead atoms. The van der Waals surface area contributed by atoms with E-state index < -0.39 is 17.1 Å². The van der Waals surface area contributed by atoms with Crippen molar-refractivity contribution in [3.8, 4) is 11.6 Å². The minimum Gasteiger partial charge on any atom is -0.494 e. The highest BCUT2D eigenvalue weighted by molar-refractivity contribution is 7.94. The van der Waals surface area contributed by atoms with Gasteiger partial charge in [0.1, 0.15) is 11.4 Å². The predicted molar refractivity (Wildman–Crippen MR) is 120 cm³/mol. The van der Waals surface area contributed by atoms with E-state index in [-0.39, 0.29) is 24.5 Å². The normalized spacial score (nSPS) is 13.6. The minimum absolute atomic E-state index is 0.0498. The molecule has 12 heteroatoms. The van der Waals surface area contributed by atoms with E-state index in [9.17, 15) is 14.7 Å². The molecule has 1 aliphatic rings. The molecule has 0 amide bonds. The van der Waals surface area contributed by atoms with Crippen LogP contribution in [0.3, 0.4) is 0 Å². The van der Waals surface area contributed by atoms with Crippen molar-refractivity contribution in [1.82, 2.24) is 9.13 Å². The van der Waals surface area contributed by atoms with Gasteiger partial charge in [-0.3, -0.25) is 18.8 Å². The molecule has 0 aliphatic carbocycles. The smallest absolute Gasteiger partial charge is 0.333 e. The molecule has 0 unspecified atom stereocenters. The lowest BCUT2D eigenvalue weighted by Gasteiger charge is -2.16. The van der Waals surface area contributed by atoms with Crippen LogP contribution in [0.5, 0.6) is 11.6 Å². The van der Waals surface area contributed by atoms with E-state index in [1.54, 1.807) is 43.0 Å². The lowest BCUT2D eigenvalue weighted by molar-refractivity contribution is -0.432. The van der Waals surface area contributed by atoms with Crippen LogP contribution in [-0.4, -0.2) is 25.4 Å². The second-order valence-corrected chi connectivity index (χ2v) is 7.39. The van der Waals surface area contributed by atoms with E-state index in [2.05, 4.69) is 15.1 Å². The Labute approximate surface area is 191 Å². The Hall–Kier alpha value is -2.92. The summed E-state index contributed by atoms with van der Waals surface area (Å²) in [5.41, 5.74) is 2.26. The molecule has 0 saturated carbocycles. The van der Waals surface area contributed by atoms with Gasteiger partial charge in [-0.05, 0) is 44.2 Å². The monoisotopic (exact) mass is 481 g/mol. The first-order valence-electron chi connectivity index (χ1n) is 9.46. The van der Waals surface area contributed by atoms with Gasteiger partial charge in [0.15, 0.2) is 5.75 Å². The van der Waals surface area contributed by atoms with Crippen molar-refractivity contribution in [2.24, 2.45) is 0 Å². The van der Waals surface area contributed by atoms with Crippen LogP contribution in [0.4, 0.5) is 5.69 Å². The molecule has 0 radical (unpaired) electrons. The highest BCUT2D eigenvalue weighted by Gasteiger charge is 2.26. The molecule has 32 heavy (non-hydrogen) atoms. The van der Waals surface area contributed by atoms with Gasteiger partial charge >= 0.3 is 5.69 Å². The molecule has 2 heterocycles. The summed E-state index contributed by atoms with van der Waals surface area (Å²) in [4.78, 5) is 26.5. The van der Waals surface area contributed by atoms with Crippen LogP contribution >= 0.6 is 23.6 Å². The quantitative estimate of drug-likeness (QED) is 0.192. The van der Waals surface area contributed by atoms with E-state index in [1.165, 1.54) is 12.2 Å². The summed E-state index contributed by atoms with van der Waals surface area (Å²) in [6, 6.07) is 5.09. The molecule has 10 nitrogen and oxygen atoms in total. The second kappa shape index (κ2) is 10.6. The van der Waals surface area contributed by atoms with Crippen molar-refractivity contribution < 1.29 is 24.5 Å². The van der Waals surface area contributed by atoms with Crippen molar-refractivity contribution in [3.63, 3.8) is 0 Å². The summed E-state index contributed by atoms with van der Waals surface area (Å²) in [6.45, 7) is 3.75. The molecule has 0 spiro atoms. The van der Waals surface area contributed by atoms with Crippen molar-refractivity contribution in [3.05, 3.63) is 73.4 Å². The molecule has 0 saturated heterocycles. The maximum Gasteiger partial charge on any atom is 0.333 e. The molecule has 1 aliphatic heterocycles. The van der Waals surface area contributed by atoms with Crippen LogP contribution < -0.4 is 20.9 Å². The van der Waals surface area contributed by atoms with Gasteiger partial charge in [-0.25, -0.2) is 10.1 Å². The average molecular weight is 482 g/mol. The van der Waals surface area contributed by atoms with Gasteiger partial charge in [0.2, 0.25) is 11.8 Å². The fourth-order valence-corrected chi connectivity index (χ4v) is 3.70. The highest BCUT2D eigenvalue weighted by atomic mass is 35.5. The first-order valence-corrected chi connectivity index (χ1v) is 10.8. The van der Waals surface area contributed by atoms with Crippen molar-refractivity contribution in [1.29, 1.82) is 0 Å². The summed E-state index contributed by atoms with van der Waals surface area (Å²) in [7, 11) is 0. The number of rotatable bonds is 8. The lowest BCUT2D eigenvalue weighted by Crippen LogP contribution is -2.40. The summed E-state index contributed by atoms with van der Waals surface area (Å²) in [5.74, 6) is 0.730. The van der Waals surface area contributed by atoms with Gasteiger partial charge in [0, 0.05) is 24.2 Å². The van der Waals surface area contributed by atoms with Crippen LogP contribution in [0.25, 0.3) is 6.08 Å². The summed E-state index contributed by atoms with van der Waals surface area (Å²) >= 11 is 6.88. The largest absolute Gasteiger partial charge is 0.494 e. The third kappa shape index (κ3) is 4.78. The number of nitrogens with zero attached hydrogens (tertiary/aromatic N) is 3. The number of aromatic hydroxyl groups is 1. The predicted octanol–water partition coefficient (Wildman–Crippen LogP) is 3.34. The van der Waals surface area contributed by atoms with Crippen LogP contribution in [0.15, 0.2) is 51.6 Å². The molecular weight excluding hydrogens is 462 g/mol. The average Bonchev–Trinajstić information content (AvgIpc) is 3.10. The number of allylic oxidation sites excluding steroid dienone is 2. The van der Waals surface area contributed by atoms with E-state index in [0.717, 1.165) is 21.2 Å². The lowest BCUT2D eigenvalue weighted by atomic mass is 10.3. The molecule has 170 valence electrons. The number of hydrogen-bond acceptors (Lipinski definition) is 9. The van der Waals surface area contributed by atoms with Gasteiger partial charge in [-0.15, -0.1) is 10.1 Å². The Kier molecular flexibility index (Phi) is 7.86. The molecule has 3 rings (SSSR count). The summed E-state index contributed by atoms with van der Waals surface area (Å²) < 4.78 is 12.4. The number of halogens is 1. The van der Waals surface area contributed by atoms with Crippen LogP contribution in [0.2, 0.25) is 5.02 Å². The Balaban J connectivity index is 1.95. The second-order valence-electron chi connectivity index (χ2n) is 6.33. The van der Waals surface area contributed by atoms with E-state index in [0.29, 0.717) is 22.3 Å². The number of fused-ring (bicyclic) bond motifs is 1. The zero-order valence-corrected chi connectivity index (χ0v) is 18.7. The molecular formula is C20H20ClN3O7S. The molecule has 1 aromatic carbocycles. The first-order chi connectivity index (χ1) is 15.4. The summed E-state index contributed by atoms with van der Waals surface area (Å²) in [5, 5.41) is 22.8. The van der Waals surface area contributed by atoms with Gasteiger partial charge in [-0.2, -0.15) is 0 Å². The number of benzene rings is 1. The standard InChI is InChI=1S/C20H20ClN3O7S/c1-3-22-18(25)14(19(26)23(4-2)20(22)27)7-5-6-8-17-24(12-32-31-30-28)15-11-13(21)9-10-16(15)29-17/h6-11,25,28H,3-4,12H2,1-2H3. The van der Waals surface area contributed by atoms with E-state index >= 15 is 0 Å². The fraction of sp³-hybridized carbons (Fsp3) is 0.250. The molecule has 2 aromatic rings. The molecule has 1 aromatic heterocycles. The Morgan fingerprint density at radius 1 is 1.25 bits per heavy atom. The topological polar surface area (TPSA) is 115 Å². The number of aromatic nitrogens is 2. The first kappa shape index (κ1) is 23.7. The van der Waals surface area contributed by atoms with Gasteiger partial charge in [-0.1, -0.05) is 16.6 Å². The number of anilines is 1. The zero-order valence-electron chi connectivity index (χ0n) is 17.1. The van der Waals surface area contributed by atoms with Crippen molar-refractivity contribution >= 4 is 35.4 Å². The van der Waals surface area contributed by atoms with E-state index in [4.69, 9.17) is 21.6 Å². The highest BCUT2D eigenvalue weighted by Crippen LogP contribution is 2.41. The molecule has 2 N–H and O–H groups in total. The Bertz CT molecular complexity index is 1210. The maximum absolute atomic E-state index is 12.5. The number of ether oxygens (including phenoxy) is 1. The van der Waals surface area contributed by atoms with Crippen LogP contribution in [0, 0.1) is 0 Å². The van der Waals surface area contributed by atoms with Gasteiger partial charge in [0.25, 0.3) is 5.56 Å². The van der Waals surface area contributed by atoms with Gasteiger partial charge < -0.3 is 9.84 Å². The third-order valence-electron chi connectivity index (χ3n) is 4.57. The maximum atomic E-state index is 12.5. The SMILES string of the molecule is CCn1c(O)c(C=C=CC=C2Oc3ccc(Cl)cc3N2CSOOO)c(=O)n(CC)c1=O. The van der Waals surface area contributed by atoms with Crippen LogP contribution in [-0.2, 0) is 22.5 Å². The zero-order chi connectivity index (χ0) is 23.3. The Morgan fingerprint density at radius 2 is 2.00 bits per heavy atom. The molecule has 0 fully saturated rings. The Morgan fingerprint density at radius 3 is 2.69 bits per heavy atom. The van der Waals surface area contributed by atoms with E-state index in [1.807, 2.05) is 0 Å². The minimum atomic E-state index is -0.605. The fourth-order valence-electron chi connectivity index (χ4n) is 3.08. The van der Waals surface area contributed by atoms with Crippen LogP contribution in [0.1, 0.15) is 19.4 Å². The third-order valence-corrected chi connectivity index (χ3v) is 5.32. The molecule has 0 atom stereocenters. The van der Waals surface area contributed by atoms with Gasteiger partial charge in [0.05, 0.1) is 17.7 Å². The summed E-state index contributed by atoms with van der Waals surface area (Å²) in [6.07, 6.45) is 4.36. The van der Waals surface area contributed by atoms with Crippen molar-refractivity contribution in [2.45, 2.75) is 26.9 Å². The number of hydrogen-bond donors (Lipinski definition) is 2.